The molecule has 0 bridgehead atoms. The number of rotatable bonds is 5. The number of ether oxygens (including phenoxy) is 2. The Kier molecular flexibility index (Phi) is 6.31. The van der Waals surface area contributed by atoms with E-state index in [0.717, 1.165) is 77.9 Å². The fraction of sp³-hybridized carbons (Fsp3) is 0.944. The molecule has 3 atom stereocenters. The van der Waals surface area contributed by atoms with Crippen LogP contribution < -0.4 is 5.32 Å². The summed E-state index contributed by atoms with van der Waals surface area (Å²) >= 11 is 0. The highest BCUT2D eigenvalue weighted by Crippen LogP contribution is 2.24. The quantitative estimate of drug-likeness (QED) is 0.840. The second-order valence-electron chi connectivity index (χ2n) is 7.34. The van der Waals surface area contributed by atoms with Gasteiger partial charge in [-0.25, -0.2) is 0 Å². The van der Waals surface area contributed by atoms with Crippen LogP contribution in [0.5, 0.6) is 0 Å². The van der Waals surface area contributed by atoms with E-state index < -0.39 is 0 Å². The van der Waals surface area contributed by atoms with Gasteiger partial charge in [-0.3, -0.25) is 9.69 Å². The van der Waals surface area contributed by atoms with Crippen molar-refractivity contribution in [2.45, 2.75) is 70.1 Å². The van der Waals surface area contributed by atoms with Gasteiger partial charge in [-0.15, -0.1) is 0 Å². The van der Waals surface area contributed by atoms with Gasteiger partial charge in [-0.1, -0.05) is 13.3 Å². The molecule has 3 aliphatic rings. The predicted molar refractivity (Wildman–Crippen MR) is 89.3 cm³/mol. The first-order valence-electron chi connectivity index (χ1n) is 9.50. The summed E-state index contributed by atoms with van der Waals surface area (Å²) in [5.74, 6) is 0.415. The maximum atomic E-state index is 12.6. The molecule has 0 saturated carbocycles. The average Bonchev–Trinajstić information content (AvgIpc) is 3.11. The zero-order chi connectivity index (χ0) is 16.1. The smallest absolute Gasteiger partial charge is 0.223 e. The van der Waals surface area contributed by atoms with E-state index in [4.69, 9.17) is 9.47 Å². The SMILES string of the molecule is CCC[C@@H]1C[C@H](C(=O)NC2CCN([C@@H]3CCOC3)CC2)CCO1. The Morgan fingerprint density at radius 1 is 1.17 bits per heavy atom. The van der Waals surface area contributed by atoms with Crippen LogP contribution in [-0.4, -0.2) is 61.9 Å². The standard InChI is InChI=1S/C18H32N2O3/c1-2-3-17-12-14(6-11-23-17)18(21)19-15-4-8-20(9-5-15)16-7-10-22-13-16/h14-17H,2-13H2,1H3,(H,19,21)/t14-,16-,17-/m1/s1. The van der Waals surface area contributed by atoms with E-state index in [0.29, 0.717) is 12.1 Å². The largest absolute Gasteiger partial charge is 0.380 e. The van der Waals surface area contributed by atoms with Crippen LogP contribution in [0.3, 0.4) is 0 Å². The van der Waals surface area contributed by atoms with Crippen LogP contribution in [-0.2, 0) is 14.3 Å². The van der Waals surface area contributed by atoms with Crippen molar-refractivity contribution in [3.8, 4) is 0 Å². The molecule has 0 spiro atoms. The zero-order valence-corrected chi connectivity index (χ0v) is 14.5. The summed E-state index contributed by atoms with van der Waals surface area (Å²) in [7, 11) is 0. The molecule has 5 nitrogen and oxygen atoms in total. The molecule has 1 N–H and O–H groups in total. The Labute approximate surface area is 140 Å². The molecule has 23 heavy (non-hydrogen) atoms. The molecule has 1 amide bonds. The number of piperidine rings is 1. The Morgan fingerprint density at radius 3 is 2.70 bits per heavy atom. The van der Waals surface area contributed by atoms with Gasteiger partial charge in [0.05, 0.1) is 12.7 Å². The number of carbonyl (C=O) groups is 1. The van der Waals surface area contributed by atoms with Crippen LogP contribution in [0, 0.1) is 5.92 Å². The van der Waals surface area contributed by atoms with Gasteiger partial charge >= 0.3 is 0 Å². The van der Waals surface area contributed by atoms with E-state index in [2.05, 4.69) is 17.1 Å². The lowest BCUT2D eigenvalue weighted by Crippen LogP contribution is -2.49. The van der Waals surface area contributed by atoms with Crippen LogP contribution in [0.15, 0.2) is 0 Å². The minimum absolute atomic E-state index is 0.154. The van der Waals surface area contributed by atoms with Crippen LogP contribution in [0.4, 0.5) is 0 Å². The second kappa shape index (κ2) is 8.45. The summed E-state index contributed by atoms with van der Waals surface area (Å²) in [5.41, 5.74) is 0. The van der Waals surface area contributed by atoms with Crippen LogP contribution >= 0.6 is 0 Å². The van der Waals surface area contributed by atoms with E-state index in [9.17, 15) is 4.79 Å². The first kappa shape index (κ1) is 17.2. The molecule has 3 rings (SSSR count). The van der Waals surface area contributed by atoms with E-state index >= 15 is 0 Å². The zero-order valence-electron chi connectivity index (χ0n) is 14.5. The second-order valence-corrected chi connectivity index (χ2v) is 7.34. The highest BCUT2D eigenvalue weighted by atomic mass is 16.5. The van der Waals surface area contributed by atoms with Crippen molar-refractivity contribution in [1.82, 2.24) is 10.2 Å². The number of nitrogens with zero attached hydrogens (tertiary/aromatic N) is 1. The van der Waals surface area contributed by atoms with Gasteiger partial charge in [-0.2, -0.15) is 0 Å². The van der Waals surface area contributed by atoms with Gasteiger partial charge < -0.3 is 14.8 Å². The monoisotopic (exact) mass is 324 g/mol. The van der Waals surface area contributed by atoms with Gasteiger partial charge in [0.1, 0.15) is 0 Å². The lowest BCUT2D eigenvalue weighted by atomic mass is 9.92. The molecule has 3 saturated heterocycles. The first-order chi connectivity index (χ1) is 11.3. The number of carbonyl (C=O) groups excluding carboxylic acids is 1. The van der Waals surface area contributed by atoms with Crippen molar-refractivity contribution in [2.75, 3.05) is 32.9 Å². The van der Waals surface area contributed by atoms with E-state index in [1.54, 1.807) is 0 Å². The van der Waals surface area contributed by atoms with Gasteiger partial charge in [0.25, 0.3) is 0 Å². The number of amides is 1. The number of likely N-dealkylation sites (tertiary alicyclic amines) is 1. The molecule has 0 unspecified atom stereocenters. The van der Waals surface area contributed by atoms with Gasteiger partial charge in [0.15, 0.2) is 0 Å². The molecule has 3 heterocycles. The lowest BCUT2D eigenvalue weighted by molar-refractivity contribution is -0.131. The minimum Gasteiger partial charge on any atom is -0.380 e. The fourth-order valence-corrected chi connectivity index (χ4v) is 4.18. The fourth-order valence-electron chi connectivity index (χ4n) is 4.18. The molecule has 0 aromatic heterocycles. The van der Waals surface area contributed by atoms with Gasteiger partial charge in [-0.05, 0) is 38.5 Å². The van der Waals surface area contributed by atoms with Crippen LogP contribution in [0.1, 0.15) is 51.9 Å². The molecule has 3 aliphatic heterocycles. The van der Waals surface area contributed by atoms with Gasteiger partial charge in [0.2, 0.25) is 5.91 Å². The van der Waals surface area contributed by atoms with Crippen molar-refractivity contribution in [3.63, 3.8) is 0 Å². The topological polar surface area (TPSA) is 50.8 Å². The molecule has 132 valence electrons. The van der Waals surface area contributed by atoms with Crippen LogP contribution in [0.25, 0.3) is 0 Å². The Morgan fingerprint density at radius 2 is 2.00 bits per heavy atom. The van der Waals surface area contributed by atoms with Crippen molar-refractivity contribution >= 4 is 5.91 Å². The summed E-state index contributed by atoms with van der Waals surface area (Å²) in [6, 6.07) is 0.963. The first-order valence-corrected chi connectivity index (χ1v) is 9.50. The summed E-state index contributed by atoms with van der Waals surface area (Å²) in [4.78, 5) is 15.1. The molecule has 0 aromatic rings. The number of hydrogen-bond acceptors (Lipinski definition) is 4. The van der Waals surface area contributed by atoms with Crippen molar-refractivity contribution in [2.24, 2.45) is 5.92 Å². The summed E-state index contributed by atoms with van der Waals surface area (Å²) in [6.45, 7) is 6.89. The highest BCUT2D eigenvalue weighted by molar-refractivity contribution is 5.79. The summed E-state index contributed by atoms with van der Waals surface area (Å²) in [6.07, 6.45) is 7.58. The molecular weight excluding hydrogens is 292 g/mol. The number of nitrogens with one attached hydrogen (secondary N) is 1. The molecule has 0 aromatic carbocycles. The third-order valence-electron chi connectivity index (χ3n) is 5.65. The Balaban J connectivity index is 1.40. The molecule has 5 heteroatoms. The van der Waals surface area contributed by atoms with Crippen molar-refractivity contribution < 1.29 is 14.3 Å². The maximum absolute atomic E-state index is 12.6. The molecular formula is C18H32N2O3. The summed E-state index contributed by atoms with van der Waals surface area (Å²) in [5, 5.41) is 3.31. The van der Waals surface area contributed by atoms with Gasteiger partial charge in [0, 0.05) is 44.3 Å². The van der Waals surface area contributed by atoms with Crippen LogP contribution in [0.2, 0.25) is 0 Å². The average molecular weight is 324 g/mol. The molecule has 0 radical (unpaired) electrons. The lowest BCUT2D eigenvalue weighted by Gasteiger charge is -2.36. The molecule has 3 fully saturated rings. The van der Waals surface area contributed by atoms with Crippen molar-refractivity contribution in [3.05, 3.63) is 0 Å². The Hall–Kier alpha value is -0.650. The van der Waals surface area contributed by atoms with Crippen molar-refractivity contribution in [1.29, 1.82) is 0 Å². The maximum Gasteiger partial charge on any atom is 0.223 e. The molecule has 0 aliphatic carbocycles. The minimum atomic E-state index is 0.154. The number of hydrogen-bond donors (Lipinski definition) is 1. The third-order valence-corrected chi connectivity index (χ3v) is 5.65. The predicted octanol–water partition coefficient (Wildman–Crippen LogP) is 1.95. The Bertz CT molecular complexity index is 374. The normalized spacial score (nSPS) is 33.7. The van der Waals surface area contributed by atoms with E-state index in [1.807, 2.05) is 0 Å². The summed E-state index contributed by atoms with van der Waals surface area (Å²) < 4.78 is 11.2. The third kappa shape index (κ3) is 4.68. The highest BCUT2D eigenvalue weighted by Gasteiger charge is 2.31. The van der Waals surface area contributed by atoms with E-state index in [-0.39, 0.29) is 17.9 Å². The van der Waals surface area contributed by atoms with E-state index in [1.165, 1.54) is 0 Å².